The van der Waals surface area contributed by atoms with Crippen LogP contribution in [0.15, 0.2) is 5.16 Å². The Balaban J connectivity index is 4.20. The minimum atomic E-state index is -1.06. The van der Waals surface area contributed by atoms with E-state index < -0.39 is 11.0 Å². The first-order valence-electron chi connectivity index (χ1n) is 1.54. The summed E-state index contributed by atoms with van der Waals surface area (Å²) >= 11 is 4.69. The van der Waals surface area contributed by atoms with Gasteiger partial charge >= 0.3 is 0 Å². The average Bonchev–Trinajstić information content (AvgIpc) is 1.69. The molecule has 0 aromatic heterocycles. The fraction of sp³-hybridized carbons (Fsp3) is 0. The van der Waals surface area contributed by atoms with Crippen LogP contribution in [0.1, 0.15) is 0 Å². The number of oxime groups is 1. The van der Waals surface area contributed by atoms with Gasteiger partial charge in [0.15, 0.2) is 0 Å². The predicted molar refractivity (Wildman–Crippen MR) is 25.7 cm³/mol. The van der Waals surface area contributed by atoms with E-state index >= 15 is 0 Å². The van der Waals surface area contributed by atoms with E-state index in [4.69, 9.17) is 22.1 Å². The van der Waals surface area contributed by atoms with Crippen LogP contribution in [-0.4, -0.2) is 16.2 Å². The fourth-order valence-electron chi connectivity index (χ4n) is 0.106. The molecular weight excluding hydrogens is 131 g/mol. The summed E-state index contributed by atoms with van der Waals surface area (Å²) in [6, 6.07) is 1.27. The molecule has 0 amide bonds. The molecule has 0 fully saturated rings. The number of rotatable bonds is 1. The normalized spacial score (nSPS) is 10.2. The van der Waals surface area contributed by atoms with Gasteiger partial charge in [0.2, 0.25) is 5.71 Å². The van der Waals surface area contributed by atoms with Gasteiger partial charge in [-0.1, -0.05) is 5.16 Å². The molecule has 0 aromatic carbocycles. The van der Waals surface area contributed by atoms with Crippen molar-refractivity contribution >= 4 is 22.6 Å². The molecule has 42 valence electrons. The van der Waals surface area contributed by atoms with E-state index in [-0.39, 0.29) is 0 Å². The molecular formula is C3HClN2O2. The van der Waals surface area contributed by atoms with Gasteiger partial charge in [-0.15, -0.1) is 0 Å². The van der Waals surface area contributed by atoms with Gasteiger partial charge in [-0.2, -0.15) is 5.26 Å². The molecule has 8 heavy (non-hydrogen) atoms. The third kappa shape index (κ3) is 1.58. The maximum atomic E-state index is 9.86. The van der Waals surface area contributed by atoms with Gasteiger partial charge < -0.3 is 5.21 Å². The molecule has 1 N–H and O–H groups in total. The molecule has 0 unspecified atom stereocenters. The Morgan fingerprint density at radius 2 is 2.38 bits per heavy atom. The second-order valence-corrected chi connectivity index (χ2v) is 1.18. The second kappa shape index (κ2) is 2.99. The quantitative estimate of drug-likeness (QED) is 0.238. The first-order valence-corrected chi connectivity index (χ1v) is 1.92. The van der Waals surface area contributed by atoms with Crippen molar-refractivity contribution in [2.24, 2.45) is 5.16 Å². The summed E-state index contributed by atoms with van der Waals surface area (Å²) in [4.78, 5) is 9.86. The van der Waals surface area contributed by atoms with Gasteiger partial charge in [0.25, 0.3) is 5.24 Å². The van der Waals surface area contributed by atoms with Gasteiger partial charge in [-0.25, -0.2) is 0 Å². The van der Waals surface area contributed by atoms with Crippen molar-refractivity contribution in [1.82, 2.24) is 0 Å². The summed E-state index contributed by atoms with van der Waals surface area (Å²) < 4.78 is 0. The molecule has 0 heterocycles. The predicted octanol–water partition coefficient (Wildman–Crippen LogP) is 0.106. The molecule has 0 radical (unpaired) electrons. The number of halogens is 1. The van der Waals surface area contributed by atoms with Crippen LogP contribution >= 0.6 is 11.6 Å². The van der Waals surface area contributed by atoms with E-state index in [1.165, 1.54) is 6.07 Å². The number of carbonyl (C=O) groups excluding carboxylic acids is 1. The smallest absolute Gasteiger partial charge is 0.285 e. The second-order valence-electron chi connectivity index (χ2n) is 0.834. The molecule has 0 aliphatic heterocycles. The van der Waals surface area contributed by atoms with Crippen molar-refractivity contribution in [3.05, 3.63) is 0 Å². The van der Waals surface area contributed by atoms with E-state index in [2.05, 4.69) is 5.16 Å². The van der Waals surface area contributed by atoms with Crippen molar-refractivity contribution in [3.8, 4) is 6.07 Å². The van der Waals surface area contributed by atoms with Gasteiger partial charge in [-0.3, -0.25) is 4.79 Å². The summed E-state index contributed by atoms with van der Waals surface area (Å²) in [6.07, 6.45) is 0. The van der Waals surface area contributed by atoms with Gasteiger partial charge in [0.1, 0.15) is 6.07 Å². The van der Waals surface area contributed by atoms with Crippen LogP contribution in [0.4, 0.5) is 0 Å². The van der Waals surface area contributed by atoms with E-state index in [9.17, 15) is 4.79 Å². The maximum Gasteiger partial charge on any atom is 0.285 e. The minimum absolute atomic E-state index is 0.702. The zero-order valence-electron chi connectivity index (χ0n) is 3.63. The largest absolute Gasteiger partial charge is 0.410 e. The van der Waals surface area contributed by atoms with E-state index in [1.807, 2.05) is 0 Å². The van der Waals surface area contributed by atoms with E-state index in [0.29, 0.717) is 0 Å². The van der Waals surface area contributed by atoms with Crippen LogP contribution < -0.4 is 0 Å². The summed E-state index contributed by atoms with van der Waals surface area (Å²) in [5.74, 6) is 0. The van der Waals surface area contributed by atoms with Crippen molar-refractivity contribution in [3.63, 3.8) is 0 Å². The third-order valence-corrected chi connectivity index (χ3v) is 0.571. The Bertz CT molecular complexity index is 169. The Morgan fingerprint density at radius 3 is 2.38 bits per heavy atom. The molecule has 0 atom stereocenters. The zero-order valence-corrected chi connectivity index (χ0v) is 4.38. The Kier molecular flexibility index (Phi) is 2.59. The zero-order chi connectivity index (χ0) is 6.57. The van der Waals surface area contributed by atoms with Crippen molar-refractivity contribution in [2.75, 3.05) is 0 Å². The van der Waals surface area contributed by atoms with E-state index in [0.717, 1.165) is 0 Å². The number of carbonyl (C=O) groups is 1. The summed E-state index contributed by atoms with van der Waals surface area (Å²) in [5.41, 5.74) is -0.702. The number of nitriles is 1. The fourth-order valence-corrected chi connectivity index (χ4v) is 0.186. The number of nitrogens with zero attached hydrogens (tertiary/aromatic N) is 2. The van der Waals surface area contributed by atoms with Crippen LogP contribution in [0.3, 0.4) is 0 Å². The molecule has 4 nitrogen and oxygen atoms in total. The van der Waals surface area contributed by atoms with Gasteiger partial charge in [0.05, 0.1) is 0 Å². The first kappa shape index (κ1) is 6.92. The number of hydrogen-bond donors (Lipinski definition) is 1. The van der Waals surface area contributed by atoms with Gasteiger partial charge in [-0.05, 0) is 11.6 Å². The number of hydrogen-bond acceptors (Lipinski definition) is 4. The average molecular weight is 133 g/mol. The highest BCUT2D eigenvalue weighted by atomic mass is 35.5. The third-order valence-electron chi connectivity index (χ3n) is 0.392. The highest BCUT2D eigenvalue weighted by Gasteiger charge is 2.04. The highest BCUT2D eigenvalue weighted by Crippen LogP contribution is 1.82. The van der Waals surface area contributed by atoms with Crippen LogP contribution in [0.2, 0.25) is 0 Å². The van der Waals surface area contributed by atoms with Crippen molar-refractivity contribution in [1.29, 1.82) is 5.26 Å². The molecule has 0 aliphatic rings. The van der Waals surface area contributed by atoms with Crippen LogP contribution in [0, 0.1) is 11.3 Å². The lowest BCUT2D eigenvalue weighted by atomic mass is 10.5. The lowest BCUT2D eigenvalue weighted by molar-refractivity contribution is -0.106. The van der Waals surface area contributed by atoms with Crippen LogP contribution in [0.5, 0.6) is 0 Å². The Labute approximate surface area is 50.0 Å². The lowest BCUT2D eigenvalue weighted by Crippen LogP contribution is -2.02. The molecule has 0 saturated heterocycles. The first-order chi connectivity index (χ1) is 3.72. The van der Waals surface area contributed by atoms with Gasteiger partial charge in [0, 0.05) is 0 Å². The molecule has 0 bridgehead atoms. The SMILES string of the molecule is N#C/C(=N/O)C(=O)Cl. The van der Waals surface area contributed by atoms with E-state index in [1.54, 1.807) is 0 Å². The molecule has 0 aliphatic carbocycles. The molecule has 0 rings (SSSR count). The summed E-state index contributed by atoms with van der Waals surface area (Å²) in [5, 5.41) is 16.8. The molecule has 0 aromatic rings. The molecule has 5 heteroatoms. The van der Waals surface area contributed by atoms with Crippen LogP contribution in [-0.2, 0) is 4.79 Å². The Morgan fingerprint density at radius 1 is 1.88 bits per heavy atom. The van der Waals surface area contributed by atoms with Crippen molar-refractivity contribution < 1.29 is 10.0 Å². The maximum absolute atomic E-state index is 9.86. The highest BCUT2D eigenvalue weighted by molar-refractivity contribution is 6.84. The summed E-state index contributed by atoms with van der Waals surface area (Å²) in [6.45, 7) is 0. The standard InChI is InChI=1S/C3HClN2O2/c4-3(7)2(1-5)6-8/h8H/b6-2-. The summed E-state index contributed by atoms with van der Waals surface area (Å²) in [7, 11) is 0. The monoisotopic (exact) mass is 132 g/mol. The topological polar surface area (TPSA) is 73.4 Å². The lowest BCUT2D eigenvalue weighted by Gasteiger charge is -1.76. The van der Waals surface area contributed by atoms with Crippen LogP contribution in [0.25, 0.3) is 0 Å². The van der Waals surface area contributed by atoms with Crippen molar-refractivity contribution in [2.45, 2.75) is 0 Å². The molecule has 0 saturated carbocycles. The Hall–Kier alpha value is -1.08. The minimum Gasteiger partial charge on any atom is -0.410 e. The molecule has 0 spiro atoms.